The lowest BCUT2D eigenvalue weighted by molar-refractivity contribution is -0.276. The van der Waals surface area contributed by atoms with Crippen LogP contribution in [0.4, 0.5) is 13.2 Å². The van der Waals surface area contributed by atoms with E-state index in [1.54, 1.807) is 0 Å². The normalized spacial score (nSPS) is 11.6. The van der Waals surface area contributed by atoms with E-state index in [0.717, 1.165) is 6.20 Å². The number of pyridine rings is 1. The highest BCUT2D eigenvalue weighted by atomic mass is 19.4. The Morgan fingerprint density at radius 1 is 1.38 bits per heavy atom. The molecule has 0 aliphatic heterocycles. The molecule has 1 aromatic heterocycles. The second-order valence-corrected chi connectivity index (χ2v) is 2.82. The minimum absolute atomic E-state index is 0.128. The fourth-order valence-corrected chi connectivity index (χ4v) is 1.14. The van der Waals surface area contributed by atoms with Crippen molar-refractivity contribution in [3.8, 4) is 11.6 Å². The zero-order chi connectivity index (χ0) is 12.3. The first-order valence-electron chi connectivity index (χ1n) is 4.15. The van der Waals surface area contributed by atoms with Crippen LogP contribution in [0.25, 0.3) is 0 Å². The summed E-state index contributed by atoms with van der Waals surface area (Å²) in [4.78, 5) is 3.26. The zero-order valence-corrected chi connectivity index (χ0v) is 7.95. The number of nitrogens with zero attached hydrogens (tertiary/aromatic N) is 1. The third kappa shape index (κ3) is 2.74. The lowest BCUT2D eigenvalue weighted by atomic mass is 10.1. The molecule has 0 spiro atoms. The summed E-state index contributed by atoms with van der Waals surface area (Å²) in [5.41, 5.74) is 4.90. The zero-order valence-electron chi connectivity index (χ0n) is 7.95. The first-order chi connectivity index (χ1) is 7.39. The quantitative estimate of drug-likeness (QED) is 0.719. The van der Waals surface area contributed by atoms with Crippen molar-refractivity contribution >= 4 is 0 Å². The molecule has 1 heterocycles. The molecule has 0 unspecified atom stereocenters. The van der Waals surface area contributed by atoms with Gasteiger partial charge in [-0.15, -0.1) is 13.2 Å². The molecule has 0 saturated carbocycles. The SMILES string of the molecule is NCc1c(OC(F)(F)F)ncc(O)c1CO. The van der Waals surface area contributed by atoms with Gasteiger partial charge in [-0.25, -0.2) is 4.98 Å². The molecule has 1 rings (SSSR count). The van der Waals surface area contributed by atoms with Crippen molar-refractivity contribution in [2.24, 2.45) is 5.73 Å². The molecule has 0 bridgehead atoms. The van der Waals surface area contributed by atoms with Crippen LogP contribution < -0.4 is 10.5 Å². The fourth-order valence-electron chi connectivity index (χ4n) is 1.14. The molecule has 0 aliphatic carbocycles. The molecule has 0 aliphatic rings. The summed E-state index contributed by atoms with van der Waals surface area (Å²) in [7, 11) is 0. The van der Waals surface area contributed by atoms with Gasteiger partial charge in [0.15, 0.2) is 0 Å². The number of rotatable bonds is 3. The van der Waals surface area contributed by atoms with Crippen LogP contribution in [0.5, 0.6) is 11.6 Å². The molecule has 0 atom stereocenters. The topological polar surface area (TPSA) is 88.6 Å². The summed E-state index contributed by atoms with van der Waals surface area (Å²) in [6.07, 6.45) is -4.15. The Hall–Kier alpha value is -1.54. The largest absolute Gasteiger partial charge is 0.574 e. The van der Waals surface area contributed by atoms with Crippen LogP contribution in [0.15, 0.2) is 6.20 Å². The summed E-state index contributed by atoms with van der Waals surface area (Å²) in [6.45, 7) is -1.00. The van der Waals surface area contributed by atoms with E-state index in [-0.39, 0.29) is 17.7 Å². The molecule has 0 saturated heterocycles. The maximum Gasteiger partial charge on any atom is 0.574 e. The first-order valence-corrected chi connectivity index (χ1v) is 4.15. The summed E-state index contributed by atoms with van der Waals surface area (Å²) in [5, 5.41) is 18.1. The fraction of sp³-hybridized carbons (Fsp3) is 0.375. The number of halogens is 3. The lowest BCUT2D eigenvalue weighted by Crippen LogP contribution is -2.20. The number of alkyl halides is 3. The molecule has 8 heteroatoms. The number of hydrogen-bond donors (Lipinski definition) is 3. The highest BCUT2D eigenvalue weighted by molar-refractivity contribution is 5.42. The van der Waals surface area contributed by atoms with Crippen molar-refractivity contribution in [2.75, 3.05) is 0 Å². The minimum Gasteiger partial charge on any atom is -0.506 e. The average Bonchev–Trinajstić information content (AvgIpc) is 2.18. The standard InChI is InChI=1S/C8H9F3N2O3/c9-8(10,11)16-7-4(1-12)5(3-14)6(15)2-13-7/h2,14-15H,1,3,12H2. The van der Waals surface area contributed by atoms with Gasteiger partial charge in [-0.2, -0.15) is 0 Å². The van der Waals surface area contributed by atoms with Crippen molar-refractivity contribution in [2.45, 2.75) is 19.5 Å². The van der Waals surface area contributed by atoms with Gasteiger partial charge in [0.1, 0.15) is 5.75 Å². The third-order valence-corrected chi connectivity index (χ3v) is 1.81. The lowest BCUT2D eigenvalue weighted by Gasteiger charge is -2.14. The van der Waals surface area contributed by atoms with Crippen LogP contribution in [0, 0.1) is 0 Å². The van der Waals surface area contributed by atoms with Gasteiger partial charge >= 0.3 is 6.36 Å². The Bertz CT molecular complexity index is 382. The van der Waals surface area contributed by atoms with E-state index in [1.165, 1.54) is 0 Å². The molecule has 16 heavy (non-hydrogen) atoms. The molecule has 1 aromatic rings. The van der Waals surface area contributed by atoms with Crippen molar-refractivity contribution in [1.29, 1.82) is 0 Å². The maximum atomic E-state index is 12.0. The van der Waals surface area contributed by atoms with Gasteiger partial charge in [-0.05, 0) is 0 Å². The van der Waals surface area contributed by atoms with E-state index in [2.05, 4.69) is 9.72 Å². The Labute approximate surface area is 88.3 Å². The van der Waals surface area contributed by atoms with Crippen LogP contribution in [0.3, 0.4) is 0 Å². The average molecular weight is 238 g/mol. The van der Waals surface area contributed by atoms with Crippen molar-refractivity contribution in [1.82, 2.24) is 4.98 Å². The highest BCUT2D eigenvalue weighted by Crippen LogP contribution is 2.30. The van der Waals surface area contributed by atoms with Gasteiger partial charge in [0.05, 0.1) is 12.8 Å². The van der Waals surface area contributed by atoms with E-state index in [1.807, 2.05) is 0 Å². The molecule has 90 valence electrons. The number of aliphatic hydroxyl groups is 1. The Kier molecular flexibility index (Phi) is 3.55. The molecular formula is C8H9F3N2O3. The van der Waals surface area contributed by atoms with E-state index < -0.39 is 24.6 Å². The Morgan fingerprint density at radius 2 is 2.00 bits per heavy atom. The summed E-state index contributed by atoms with van der Waals surface area (Å²) in [6, 6.07) is 0. The second-order valence-electron chi connectivity index (χ2n) is 2.82. The number of aromatic hydroxyl groups is 1. The smallest absolute Gasteiger partial charge is 0.506 e. The van der Waals surface area contributed by atoms with Gasteiger partial charge < -0.3 is 20.7 Å². The molecular weight excluding hydrogens is 229 g/mol. The molecule has 0 aromatic carbocycles. The summed E-state index contributed by atoms with van der Waals surface area (Å²) in [5.74, 6) is -1.20. The molecule has 0 fully saturated rings. The highest BCUT2D eigenvalue weighted by Gasteiger charge is 2.33. The minimum atomic E-state index is -4.90. The van der Waals surface area contributed by atoms with E-state index in [0.29, 0.717) is 0 Å². The number of hydrogen-bond acceptors (Lipinski definition) is 5. The van der Waals surface area contributed by atoms with Crippen LogP contribution in [0.2, 0.25) is 0 Å². The van der Waals surface area contributed by atoms with Crippen LogP contribution in [0.1, 0.15) is 11.1 Å². The third-order valence-electron chi connectivity index (χ3n) is 1.81. The Balaban J connectivity index is 3.19. The van der Waals surface area contributed by atoms with Crippen molar-refractivity contribution < 1.29 is 28.1 Å². The van der Waals surface area contributed by atoms with Gasteiger partial charge in [0.25, 0.3) is 0 Å². The number of ether oxygens (including phenoxy) is 1. The van der Waals surface area contributed by atoms with E-state index in [9.17, 15) is 18.3 Å². The van der Waals surface area contributed by atoms with Crippen molar-refractivity contribution in [3.05, 3.63) is 17.3 Å². The van der Waals surface area contributed by atoms with E-state index in [4.69, 9.17) is 10.8 Å². The molecule has 0 radical (unpaired) electrons. The van der Waals surface area contributed by atoms with Gasteiger partial charge in [-0.1, -0.05) is 0 Å². The summed E-state index contributed by atoms with van der Waals surface area (Å²) < 4.78 is 39.5. The number of aromatic nitrogens is 1. The predicted molar refractivity (Wildman–Crippen MR) is 46.4 cm³/mol. The predicted octanol–water partition coefficient (Wildman–Crippen LogP) is 0.637. The number of aliphatic hydroxyl groups excluding tert-OH is 1. The van der Waals surface area contributed by atoms with Gasteiger partial charge in [-0.3, -0.25) is 0 Å². The van der Waals surface area contributed by atoms with Gasteiger partial charge in [0, 0.05) is 17.7 Å². The van der Waals surface area contributed by atoms with Crippen LogP contribution >= 0.6 is 0 Å². The van der Waals surface area contributed by atoms with Crippen LogP contribution in [-0.4, -0.2) is 21.6 Å². The first kappa shape index (κ1) is 12.5. The molecule has 5 nitrogen and oxygen atoms in total. The molecule has 4 N–H and O–H groups in total. The maximum absolute atomic E-state index is 12.0. The Morgan fingerprint density at radius 3 is 2.44 bits per heavy atom. The van der Waals surface area contributed by atoms with Crippen molar-refractivity contribution in [3.63, 3.8) is 0 Å². The van der Waals surface area contributed by atoms with E-state index >= 15 is 0 Å². The molecule has 0 amide bonds. The second kappa shape index (κ2) is 4.54. The van der Waals surface area contributed by atoms with Gasteiger partial charge in [0.2, 0.25) is 5.88 Å². The summed E-state index contributed by atoms with van der Waals surface area (Å²) >= 11 is 0. The van der Waals surface area contributed by atoms with Crippen LogP contribution in [-0.2, 0) is 13.2 Å². The number of nitrogens with two attached hydrogens (primary N) is 1. The monoisotopic (exact) mass is 238 g/mol.